The molecule has 0 bridgehead atoms. The van der Waals surface area contributed by atoms with Crippen molar-refractivity contribution in [1.29, 1.82) is 0 Å². The van der Waals surface area contributed by atoms with Crippen molar-refractivity contribution in [3.63, 3.8) is 0 Å². The summed E-state index contributed by atoms with van der Waals surface area (Å²) < 4.78 is 0. The Labute approximate surface area is 227 Å². The van der Waals surface area contributed by atoms with Gasteiger partial charge in [-0.3, -0.25) is 49.3 Å². The van der Waals surface area contributed by atoms with E-state index in [0.29, 0.717) is 0 Å². The maximum absolute atomic E-state index is 4.25. The van der Waals surface area contributed by atoms with Crippen LogP contribution < -0.4 is 37.6 Å². The van der Waals surface area contributed by atoms with Gasteiger partial charge in [-0.05, 0) is 119 Å². The molecule has 0 aliphatic carbocycles. The fourth-order valence-electron chi connectivity index (χ4n) is 0. The molecule has 0 saturated heterocycles. The van der Waals surface area contributed by atoms with Gasteiger partial charge in [0.05, 0.1) is 0 Å². The molecule has 7 nitrogen and oxygen atoms in total. The average molecular weight is 559 g/mol. The van der Waals surface area contributed by atoms with Crippen LogP contribution in [0.3, 0.4) is 0 Å². The minimum Gasteiger partial charge on any atom is -0.486 e. The smallest absolute Gasteiger partial charge is 0 e. The topological polar surface area (TPSA) is 98.2 Å². The Morgan fingerprint density at radius 1 is 0.394 bits per heavy atom. The van der Waals surface area contributed by atoms with Crippen molar-refractivity contribution in [2.75, 3.05) is 14.1 Å². The largest absolute Gasteiger partial charge is 0.486 e. The van der Waals surface area contributed by atoms with E-state index in [-0.39, 0.29) is 43.2 Å². The van der Waals surface area contributed by atoms with Crippen molar-refractivity contribution in [3.05, 3.63) is 49.3 Å². The van der Waals surface area contributed by atoms with E-state index < -0.39 is 0 Å². The first-order valence-corrected chi connectivity index (χ1v) is 10.5. The van der Waals surface area contributed by atoms with Crippen LogP contribution >= 0.6 is 0 Å². The van der Waals surface area contributed by atoms with Crippen LogP contribution in [0.15, 0.2) is 0 Å². The molecule has 33 heavy (non-hydrogen) atoms. The molecule has 0 aromatic heterocycles. The zero-order valence-electron chi connectivity index (χ0n) is 24.9. The summed E-state index contributed by atoms with van der Waals surface area (Å²) in [6.45, 7) is 24.8. The Morgan fingerprint density at radius 2 is 0.424 bits per heavy atom. The molecular weight excluding hydrogens is 494 g/mol. The van der Waals surface area contributed by atoms with Crippen molar-refractivity contribution in [1.82, 2.24) is 31.9 Å². The van der Waals surface area contributed by atoms with E-state index in [9.17, 15) is 0 Å². The molecule has 0 heterocycles. The molecule has 0 radical (unpaired) electrons. The molecule has 0 aliphatic heterocycles. The second-order valence-electron chi connectivity index (χ2n) is 10.4. The van der Waals surface area contributed by atoms with Crippen LogP contribution in [0.2, 0.25) is 0 Å². The molecule has 0 fully saturated rings. The Morgan fingerprint density at radius 3 is 0.424 bits per heavy atom. The monoisotopic (exact) mass is 560 g/mol. The maximum Gasteiger partial charge on any atom is 0 e. The second-order valence-corrected chi connectivity index (χ2v) is 10.4. The number of nitrogens with one attached hydrogen (secondary N) is 6. The van der Waals surface area contributed by atoms with E-state index in [0.717, 1.165) is 0 Å². The quantitative estimate of drug-likeness (QED) is 0.175. The van der Waals surface area contributed by atoms with Gasteiger partial charge in [-0.1, -0.05) is 0 Å². The minimum absolute atomic E-state index is 0. The summed E-state index contributed by atoms with van der Waals surface area (Å²) >= 11 is 0. The molecule has 212 valence electrons. The van der Waals surface area contributed by atoms with Gasteiger partial charge in [-0.15, -0.1) is 0 Å². The molecule has 8 N–H and O–H groups in total. The van der Waals surface area contributed by atoms with Crippen LogP contribution in [0.1, 0.15) is 83.1 Å². The van der Waals surface area contributed by atoms with Crippen molar-refractivity contribution in [3.8, 4) is 0 Å². The SMILES string of the molecule is [CH2-]N.[CH2-]NC.[CH2-]NC.[CH2-]NC(C)(C)C.[CH2-]NC(C)(C)C.[CH2-]NC(C)(C)C.[CH2-]NC(C)(C)C.[Mo]. The van der Waals surface area contributed by atoms with Gasteiger partial charge in [0.1, 0.15) is 0 Å². The third-order valence-corrected chi connectivity index (χ3v) is 2.12. The van der Waals surface area contributed by atoms with Crippen LogP contribution in [0.4, 0.5) is 0 Å². The molecule has 0 atom stereocenters. The van der Waals surface area contributed by atoms with E-state index in [1.54, 1.807) is 14.1 Å². The van der Waals surface area contributed by atoms with Gasteiger partial charge in [0.25, 0.3) is 0 Å². The molecule has 0 aromatic carbocycles. The van der Waals surface area contributed by atoms with E-state index in [2.05, 4.69) is 170 Å². The third-order valence-electron chi connectivity index (χ3n) is 2.12. The van der Waals surface area contributed by atoms with Crippen LogP contribution in [0, 0.1) is 49.3 Å². The fourth-order valence-corrected chi connectivity index (χ4v) is 0. The van der Waals surface area contributed by atoms with Gasteiger partial charge in [0.15, 0.2) is 0 Å². The standard InChI is InChI=1S/4C5H12N.2C2H6N.CH4N.Mo/c4*1-5(2,3)6-4;2*1-3-2;1-2;/h4*6H,4H2,1-3H3;2*3H,1H2,2H3;1-2H2;/q7*-1;. The Hall–Kier alpha value is 0.408. The molecule has 0 aliphatic rings. The van der Waals surface area contributed by atoms with Crippen molar-refractivity contribution >= 4 is 0 Å². The van der Waals surface area contributed by atoms with Gasteiger partial charge in [-0.25, -0.2) is 0 Å². The molecule has 0 rings (SSSR count). The number of hydrogen-bond acceptors (Lipinski definition) is 7. The van der Waals surface area contributed by atoms with Gasteiger partial charge < -0.3 is 37.6 Å². The molecular formula is C25H64MoN7-7. The number of hydrogen-bond donors (Lipinski definition) is 7. The predicted octanol–water partition coefficient (Wildman–Crippen LogP) is 4.39. The van der Waals surface area contributed by atoms with Crippen LogP contribution in [0.25, 0.3) is 0 Å². The Balaban J connectivity index is -0.0000000378. The summed E-state index contributed by atoms with van der Waals surface area (Å²) in [5.74, 6) is 0. The normalized spacial score (nSPS) is 10.0. The van der Waals surface area contributed by atoms with Crippen molar-refractivity contribution in [2.24, 2.45) is 5.73 Å². The summed E-state index contributed by atoms with van der Waals surface area (Å²) in [6, 6.07) is 0. The Kier molecular flexibility index (Phi) is 56.9. The predicted molar refractivity (Wildman–Crippen MR) is 151 cm³/mol. The van der Waals surface area contributed by atoms with Crippen LogP contribution in [-0.4, -0.2) is 36.3 Å². The van der Waals surface area contributed by atoms with Gasteiger partial charge >= 0.3 is 0 Å². The molecule has 0 aromatic rings. The summed E-state index contributed by atoms with van der Waals surface area (Å²) in [4.78, 5) is 0. The maximum atomic E-state index is 4.25. The molecule has 8 heteroatoms. The number of nitrogens with two attached hydrogens (primary N) is 1. The zero-order valence-corrected chi connectivity index (χ0v) is 26.9. The first-order chi connectivity index (χ1) is 14.1. The fraction of sp³-hybridized carbons (Fsp3) is 0.720. The van der Waals surface area contributed by atoms with Gasteiger partial charge in [0, 0.05) is 21.1 Å². The van der Waals surface area contributed by atoms with Gasteiger partial charge in [-0.2, -0.15) is 0 Å². The summed E-state index contributed by atoms with van der Waals surface area (Å²) in [5.41, 5.74) is 4.97. The van der Waals surface area contributed by atoms with E-state index in [4.69, 9.17) is 0 Å². The third kappa shape index (κ3) is 195. The van der Waals surface area contributed by atoms with Crippen molar-refractivity contribution < 1.29 is 21.1 Å². The summed E-state index contributed by atoms with van der Waals surface area (Å²) in [5, 5.41) is 16.4. The van der Waals surface area contributed by atoms with E-state index in [1.165, 1.54) is 0 Å². The van der Waals surface area contributed by atoms with E-state index in [1.807, 2.05) is 0 Å². The van der Waals surface area contributed by atoms with Crippen molar-refractivity contribution in [2.45, 2.75) is 105 Å². The minimum atomic E-state index is 0. The van der Waals surface area contributed by atoms with E-state index >= 15 is 0 Å². The first kappa shape index (κ1) is 54.4. The molecule has 0 spiro atoms. The Bertz CT molecular complexity index is 229. The van der Waals surface area contributed by atoms with Gasteiger partial charge in [0.2, 0.25) is 0 Å². The average Bonchev–Trinajstić information content (AvgIpc) is 2.64. The van der Waals surface area contributed by atoms with Crippen LogP contribution in [-0.2, 0) is 21.1 Å². The molecule has 0 amide bonds. The summed E-state index contributed by atoms with van der Waals surface area (Å²) in [7, 11) is 26.8. The number of rotatable bonds is 0. The second kappa shape index (κ2) is 34.6. The molecule has 0 saturated carbocycles. The molecule has 0 unspecified atom stereocenters. The first-order valence-electron chi connectivity index (χ1n) is 10.5. The zero-order chi connectivity index (χ0) is 28.2. The summed E-state index contributed by atoms with van der Waals surface area (Å²) in [6.07, 6.45) is 0. The van der Waals surface area contributed by atoms with Crippen LogP contribution in [0.5, 0.6) is 0 Å².